The molecule has 2 aliphatic rings. The minimum Gasteiger partial charge on any atom is -0.508 e. The number of aromatic hydroxyl groups is 1. The van der Waals surface area contributed by atoms with Gasteiger partial charge >= 0.3 is 0 Å². The SMILES string of the molecule is Cc1c(C(=O)N(c2ccc(O)cc2)c2cnc3c(cnn3C)c2)cc(-c2cc(F)ccc2C(=O)N2Cc3ccccc3C[C@H]2CN2CCOCC2)n1C.Cl. The lowest BCUT2D eigenvalue weighted by molar-refractivity contribution is 0.0193. The second-order valence-electron chi connectivity index (χ2n) is 13.8. The molecule has 0 spiro atoms. The van der Waals surface area contributed by atoms with Gasteiger partial charge in [0.25, 0.3) is 11.8 Å². The molecule has 1 atom stereocenters. The molecule has 6 aromatic rings. The first-order chi connectivity index (χ1) is 25.7. The van der Waals surface area contributed by atoms with E-state index in [1.54, 1.807) is 48.4 Å². The number of aryl methyl sites for hydroxylation is 1. The molecule has 0 saturated carbocycles. The third kappa shape index (κ3) is 6.84. The van der Waals surface area contributed by atoms with E-state index in [-0.39, 0.29) is 36.0 Å². The lowest BCUT2D eigenvalue weighted by Crippen LogP contribution is -2.52. The van der Waals surface area contributed by atoms with E-state index in [4.69, 9.17) is 4.74 Å². The van der Waals surface area contributed by atoms with E-state index < -0.39 is 5.82 Å². The van der Waals surface area contributed by atoms with Crippen LogP contribution in [0.2, 0.25) is 0 Å². The Hall–Kier alpha value is -5.56. The number of fused-ring (bicyclic) bond motifs is 2. The molecule has 1 saturated heterocycles. The maximum Gasteiger partial charge on any atom is 0.264 e. The Morgan fingerprint density at radius 1 is 0.926 bits per heavy atom. The van der Waals surface area contributed by atoms with Gasteiger partial charge in [-0.3, -0.25) is 24.1 Å². The van der Waals surface area contributed by atoms with Gasteiger partial charge in [0.05, 0.1) is 36.9 Å². The molecule has 11 nitrogen and oxygen atoms in total. The summed E-state index contributed by atoms with van der Waals surface area (Å²) in [4.78, 5) is 39.8. The summed E-state index contributed by atoms with van der Waals surface area (Å²) in [6.45, 7) is 5.89. The fourth-order valence-electron chi connectivity index (χ4n) is 7.57. The van der Waals surface area contributed by atoms with E-state index in [1.165, 1.54) is 34.7 Å². The van der Waals surface area contributed by atoms with Crippen molar-refractivity contribution in [2.45, 2.75) is 25.9 Å². The molecular weight excluding hydrogens is 709 g/mol. The summed E-state index contributed by atoms with van der Waals surface area (Å²) in [5.74, 6) is -0.977. The van der Waals surface area contributed by atoms with Crippen LogP contribution in [0.3, 0.4) is 0 Å². The number of nitrogens with zero attached hydrogens (tertiary/aromatic N) is 7. The molecule has 1 fully saturated rings. The topological polar surface area (TPSA) is 109 Å². The molecule has 54 heavy (non-hydrogen) atoms. The Morgan fingerprint density at radius 2 is 1.67 bits per heavy atom. The van der Waals surface area contributed by atoms with Crippen molar-refractivity contribution < 1.29 is 23.8 Å². The van der Waals surface area contributed by atoms with Crippen LogP contribution in [0.1, 0.15) is 37.5 Å². The van der Waals surface area contributed by atoms with Crippen molar-refractivity contribution in [2.24, 2.45) is 14.1 Å². The molecule has 3 aromatic carbocycles. The van der Waals surface area contributed by atoms with Gasteiger partial charge in [0.1, 0.15) is 11.6 Å². The van der Waals surface area contributed by atoms with Crippen LogP contribution in [-0.2, 0) is 31.8 Å². The smallest absolute Gasteiger partial charge is 0.264 e. The van der Waals surface area contributed by atoms with Crippen molar-refractivity contribution in [1.82, 2.24) is 29.1 Å². The Morgan fingerprint density at radius 3 is 2.43 bits per heavy atom. The highest BCUT2D eigenvalue weighted by molar-refractivity contribution is 6.13. The molecule has 5 heterocycles. The number of aromatic nitrogens is 4. The fraction of sp³-hybridized carbons (Fsp3) is 0.268. The molecule has 13 heteroatoms. The average molecular weight is 750 g/mol. The third-order valence-corrected chi connectivity index (χ3v) is 10.6. The monoisotopic (exact) mass is 749 g/mol. The predicted octanol–water partition coefficient (Wildman–Crippen LogP) is 6.43. The van der Waals surface area contributed by atoms with E-state index in [0.29, 0.717) is 77.8 Å². The number of pyridine rings is 1. The highest BCUT2D eigenvalue weighted by Crippen LogP contribution is 2.36. The van der Waals surface area contributed by atoms with Gasteiger partial charge in [-0.15, -0.1) is 12.4 Å². The standard InChI is InChI=1S/C41H40FN7O4.ClH/c1-26-36(41(52)49(31-9-11-34(50)12-10-31)32-19-29-22-44-46(3)39(29)43-23-32)21-38(45(26)2)37-20-30(42)8-13-35(37)40(51)48-24-28-7-5-4-6-27(28)18-33(48)25-47-14-16-53-17-15-47;/h4-13,19-23,33,50H,14-18,24-25H2,1-3H3;1H/t33-;/m0./s1. The maximum absolute atomic E-state index is 15.2. The van der Waals surface area contributed by atoms with Crippen molar-refractivity contribution in [2.75, 3.05) is 37.7 Å². The Bertz CT molecular complexity index is 2350. The van der Waals surface area contributed by atoms with Gasteiger partial charge < -0.3 is 19.3 Å². The van der Waals surface area contributed by atoms with Gasteiger partial charge in [-0.05, 0) is 79.1 Å². The lowest BCUT2D eigenvalue weighted by atomic mass is 9.92. The largest absolute Gasteiger partial charge is 0.508 e. The molecule has 0 bridgehead atoms. The highest BCUT2D eigenvalue weighted by Gasteiger charge is 2.34. The second kappa shape index (κ2) is 15.1. The van der Waals surface area contributed by atoms with Crippen LogP contribution in [0, 0.1) is 12.7 Å². The number of benzene rings is 3. The Kier molecular flexibility index (Phi) is 10.3. The number of ether oxygens (including phenoxy) is 1. The molecule has 2 amide bonds. The number of amides is 2. The van der Waals surface area contributed by atoms with Crippen LogP contribution in [0.5, 0.6) is 5.75 Å². The lowest BCUT2D eigenvalue weighted by Gasteiger charge is -2.40. The van der Waals surface area contributed by atoms with Gasteiger partial charge in [-0.25, -0.2) is 9.37 Å². The second-order valence-corrected chi connectivity index (χ2v) is 13.8. The maximum atomic E-state index is 15.2. The summed E-state index contributed by atoms with van der Waals surface area (Å²) in [7, 11) is 3.61. The number of phenols is 1. The summed E-state index contributed by atoms with van der Waals surface area (Å²) in [6.07, 6.45) is 4.01. The van der Waals surface area contributed by atoms with E-state index in [2.05, 4.69) is 27.1 Å². The van der Waals surface area contributed by atoms with Gasteiger partial charge in [0.15, 0.2) is 5.65 Å². The number of anilines is 2. The number of carbonyl (C=O) groups is 2. The third-order valence-electron chi connectivity index (χ3n) is 10.6. The van der Waals surface area contributed by atoms with Crippen LogP contribution in [0.15, 0.2) is 91.3 Å². The van der Waals surface area contributed by atoms with Gasteiger partial charge in [0.2, 0.25) is 0 Å². The van der Waals surface area contributed by atoms with Gasteiger partial charge in [-0.1, -0.05) is 24.3 Å². The number of halogens is 2. The minimum absolute atomic E-state index is 0. The van der Waals surface area contributed by atoms with Crippen molar-refractivity contribution in [3.63, 3.8) is 0 Å². The number of hydrogen-bond acceptors (Lipinski definition) is 7. The number of morpholine rings is 1. The number of rotatable bonds is 7. The van der Waals surface area contributed by atoms with Crippen LogP contribution in [-0.4, -0.2) is 84.9 Å². The van der Waals surface area contributed by atoms with Gasteiger partial charge in [-0.2, -0.15) is 5.10 Å². The van der Waals surface area contributed by atoms with Crippen molar-refractivity contribution in [3.8, 4) is 17.0 Å². The molecule has 2 aliphatic heterocycles. The fourth-order valence-corrected chi connectivity index (χ4v) is 7.57. The first-order valence-electron chi connectivity index (χ1n) is 17.7. The molecule has 8 rings (SSSR count). The molecule has 0 unspecified atom stereocenters. The molecular formula is C41H41ClFN7O4. The summed E-state index contributed by atoms with van der Waals surface area (Å²) < 4.78 is 24.3. The van der Waals surface area contributed by atoms with Crippen molar-refractivity contribution in [3.05, 3.63) is 125 Å². The zero-order chi connectivity index (χ0) is 36.8. The van der Waals surface area contributed by atoms with E-state index in [1.807, 2.05) is 41.6 Å². The first kappa shape index (κ1) is 36.8. The Balaban J connectivity index is 0.00000450. The molecule has 0 radical (unpaired) electrons. The number of hydrogen-bond donors (Lipinski definition) is 1. The minimum atomic E-state index is -0.487. The molecule has 3 aromatic heterocycles. The first-order valence-corrected chi connectivity index (χ1v) is 17.7. The highest BCUT2D eigenvalue weighted by atomic mass is 35.5. The normalized spacial score (nSPS) is 15.9. The van der Waals surface area contributed by atoms with Crippen LogP contribution < -0.4 is 4.90 Å². The summed E-state index contributed by atoms with van der Waals surface area (Å²) >= 11 is 0. The van der Waals surface area contributed by atoms with Crippen LogP contribution >= 0.6 is 12.4 Å². The van der Waals surface area contributed by atoms with E-state index in [0.717, 1.165) is 24.0 Å². The summed E-state index contributed by atoms with van der Waals surface area (Å²) in [5, 5.41) is 15.1. The molecule has 0 aliphatic carbocycles. The number of carbonyl (C=O) groups excluding carboxylic acids is 2. The number of phenolic OH excluding ortho intramolecular Hbond substituents is 1. The zero-order valence-corrected chi connectivity index (χ0v) is 31.1. The quantitative estimate of drug-likeness (QED) is 0.201. The van der Waals surface area contributed by atoms with Crippen molar-refractivity contribution in [1.29, 1.82) is 0 Å². The predicted molar refractivity (Wildman–Crippen MR) is 207 cm³/mol. The van der Waals surface area contributed by atoms with E-state index in [9.17, 15) is 14.7 Å². The summed E-state index contributed by atoms with van der Waals surface area (Å²) in [5.41, 5.74) is 6.29. The Labute approximate surface area is 318 Å². The van der Waals surface area contributed by atoms with Gasteiger partial charge in [0, 0.05) is 79.9 Å². The zero-order valence-electron chi connectivity index (χ0n) is 30.3. The average Bonchev–Trinajstić information content (AvgIpc) is 3.69. The molecule has 1 N–H and O–H groups in total. The van der Waals surface area contributed by atoms with Crippen molar-refractivity contribution >= 4 is 46.6 Å². The summed E-state index contributed by atoms with van der Waals surface area (Å²) in [6, 6.07) is 22.3. The van der Waals surface area contributed by atoms with E-state index >= 15 is 4.39 Å². The molecule has 278 valence electrons. The van der Waals surface area contributed by atoms with Crippen LogP contribution in [0.25, 0.3) is 22.3 Å². The van der Waals surface area contributed by atoms with Crippen LogP contribution in [0.4, 0.5) is 15.8 Å².